The Morgan fingerprint density at radius 3 is 2.63 bits per heavy atom. The number of esters is 1. The maximum atomic E-state index is 12.4. The van der Waals surface area contributed by atoms with E-state index < -0.39 is 22.8 Å². The predicted molar refractivity (Wildman–Crippen MR) is 130 cm³/mol. The van der Waals surface area contributed by atoms with Gasteiger partial charge in [-0.25, -0.2) is 4.98 Å². The van der Waals surface area contributed by atoms with Crippen molar-refractivity contribution in [3.05, 3.63) is 63.8 Å². The fourth-order valence-electron chi connectivity index (χ4n) is 3.31. The van der Waals surface area contributed by atoms with Crippen molar-refractivity contribution in [3.63, 3.8) is 0 Å². The second-order valence-corrected chi connectivity index (χ2v) is 7.99. The highest BCUT2D eigenvalue weighted by Crippen LogP contribution is 2.22. The zero-order valence-corrected chi connectivity index (χ0v) is 19.9. The van der Waals surface area contributed by atoms with Crippen molar-refractivity contribution >= 4 is 29.3 Å². The third-order valence-corrected chi connectivity index (χ3v) is 5.17. The number of aromatic nitrogens is 1. The molecule has 35 heavy (non-hydrogen) atoms. The summed E-state index contributed by atoms with van der Waals surface area (Å²) in [5.41, 5.74) is 1.36. The molecule has 0 aliphatic heterocycles. The summed E-state index contributed by atoms with van der Waals surface area (Å²) in [5, 5.41) is 19.5. The van der Waals surface area contributed by atoms with Crippen LogP contribution in [0.3, 0.4) is 0 Å². The van der Waals surface area contributed by atoms with Gasteiger partial charge in [0.2, 0.25) is 11.8 Å². The lowest BCUT2D eigenvalue weighted by Gasteiger charge is -2.18. The van der Waals surface area contributed by atoms with Crippen molar-refractivity contribution in [2.75, 3.05) is 25.5 Å². The molecule has 11 heteroatoms. The number of hydrogen-bond donors (Lipinski definition) is 3. The third-order valence-electron chi connectivity index (χ3n) is 5.17. The quantitative estimate of drug-likeness (QED) is 0.160. The fourth-order valence-corrected chi connectivity index (χ4v) is 3.31. The first kappa shape index (κ1) is 27.2. The third kappa shape index (κ3) is 10.2. The van der Waals surface area contributed by atoms with Crippen LogP contribution >= 0.6 is 0 Å². The molecule has 0 fully saturated rings. The monoisotopic (exact) mass is 485 g/mol. The summed E-state index contributed by atoms with van der Waals surface area (Å²) in [6, 6.07) is 8.71. The molecular weight excluding hydrogens is 454 g/mol. The molecule has 1 unspecified atom stereocenters. The second kappa shape index (κ2) is 14.3. The summed E-state index contributed by atoms with van der Waals surface area (Å²) in [6.07, 6.45) is 4.22. The van der Waals surface area contributed by atoms with Gasteiger partial charge in [-0.2, -0.15) is 0 Å². The van der Waals surface area contributed by atoms with Gasteiger partial charge in [-0.15, -0.1) is 0 Å². The smallest absolute Gasteiger partial charge is 0.307 e. The highest BCUT2D eigenvalue weighted by molar-refractivity contribution is 5.85. The number of amides is 2. The number of carbonyl (C=O) groups is 3. The van der Waals surface area contributed by atoms with Gasteiger partial charge in [-0.3, -0.25) is 24.5 Å². The van der Waals surface area contributed by atoms with E-state index in [1.54, 1.807) is 12.3 Å². The highest BCUT2D eigenvalue weighted by Gasteiger charge is 2.21. The molecule has 1 aromatic carbocycles. The van der Waals surface area contributed by atoms with Crippen LogP contribution in [0.15, 0.2) is 42.6 Å². The Labute approximate surface area is 203 Å². The average Bonchev–Trinajstić information content (AvgIpc) is 2.84. The van der Waals surface area contributed by atoms with Crippen molar-refractivity contribution in [2.45, 2.75) is 45.1 Å². The number of ether oxygens (including phenoxy) is 1. The number of unbranched alkanes of at least 4 members (excludes halogenated alkanes) is 2. The van der Waals surface area contributed by atoms with Gasteiger partial charge in [0, 0.05) is 31.3 Å². The molecule has 0 aliphatic rings. The van der Waals surface area contributed by atoms with Crippen molar-refractivity contribution in [2.24, 2.45) is 0 Å². The van der Waals surface area contributed by atoms with Gasteiger partial charge in [0.1, 0.15) is 5.82 Å². The molecule has 1 heterocycles. The van der Waals surface area contributed by atoms with Gasteiger partial charge in [0.15, 0.2) is 0 Å². The number of hydrogen-bond acceptors (Lipinski definition) is 8. The standard InChI is InChI=1S/C24H31N5O6/c1-17-10-12-26-21(13-17)25-11-5-3-4-9-22(30)27-16-23(31)28-20(15-24(32)35-2)18-7-6-8-19(14-18)29(33)34/h6-8,10,12-14,20H,3-5,9,11,15-16H2,1-2H3,(H,25,26)(H,27,30)(H,28,31). The Balaban J connectivity index is 1.73. The number of anilines is 1. The Bertz CT molecular complexity index is 1030. The van der Waals surface area contributed by atoms with Crippen molar-refractivity contribution in [3.8, 4) is 0 Å². The molecule has 2 amide bonds. The van der Waals surface area contributed by atoms with Crippen molar-refractivity contribution < 1.29 is 24.0 Å². The van der Waals surface area contributed by atoms with Crippen LogP contribution in [-0.4, -0.2) is 47.9 Å². The van der Waals surface area contributed by atoms with E-state index in [4.69, 9.17) is 0 Å². The molecular formula is C24H31N5O6. The van der Waals surface area contributed by atoms with Crippen LogP contribution in [0.1, 0.15) is 49.3 Å². The first-order valence-corrected chi connectivity index (χ1v) is 11.3. The van der Waals surface area contributed by atoms with E-state index in [-0.39, 0.29) is 31.0 Å². The summed E-state index contributed by atoms with van der Waals surface area (Å²) < 4.78 is 4.66. The molecule has 0 saturated heterocycles. The van der Waals surface area contributed by atoms with Gasteiger partial charge in [-0.1, -0.05) is 18.6 Å². The topological polar surface area (TPSA) is 153 Å². The molecule has 2 rings (SSSR count). The molecule has 1 aromatic heterocycles. The number of nitro benzene ring substituents is 1. The number of nitro groups is 1. The van der Waals surface area contributed by atoms with E-state index in [0.717, 1.165) is 30.8 Å². The molecule has 3 N–H and O–H groups in total. The van der Waals surface area contributed by atoms with Crippen LogP contribution in [0.2, 0.25) is 0 Å². The highest BCUT2D eigenvalue weighted by atomic mass is 16.6. The lowest BCUT2D eigenvalue weighted by Crippen LogP contribution is -2.39. The summed E-state index contributed by atoms with van der Waals surface area (Å²) in [4.78, 5) is 50.9. The van der Waals surface area contributed by atoms with Crippen molar-refractivity contribution in [1.82, 2.24) is 15.6 Å². The summed E-state index contributed by atoms with van der Waals surface area (Å²) in [6.45, 7) is 2.48. The van der Waals surface area contributed by atoms with E-state index in [0.29, 0.717) is 12.0 Å². The average molecular weight is 486 g/mol. The number of methoxy groups -OCH3 is 1. The first-order valence-electron chi connectivity index (χ1n) is 11.3. The van der Waals surface area contributed by atoms with Crippen LogP contribution in [0, 0.1) is 17.0 Å². The van der Waals surface area contributed by atoms with Gasteiger partial charge < -0.3 is 20.7 Å². The lowest BCUT2D eigenvalue weighted by molar-refractivity contribution is -0.384. The van der Waals surface area contributed by atoms with Crippen LogP contribution in [-0.2, 0) is 19.1 Å². The van der Waals surface area contributed by atoms with Gasteiger partial charge in [-0.05, 0) is 43.0 Å². The maximum Gasteiger partial charge on any atom is 0.307 e. The number of carbonyl (C=O) groups excluding carboxylic acids is 3. The molecule has 0 radical (unpaired) electrons. The number of aryl methyl sites for hydroxylation is 1. The van der Waals surface area contributed by atoms with E-state index in [9.17, 15) is 24.5 Å². The Morgan fingerprint density at radius 2 is 1.91 bits per heavy atom. The minimum atomic E-state index is -0.831. The largest absolute Gasteiger partial charge is 0.469 e. The maximum absolute atomic E-state index is 12.4. The number of nitrogens with one attached hydrogen (secondary N) is 3. The number of pyridine rings is 1. The SMILES string of the molecule is COC(=O)CC(NC(=O)CNC(=O)CCCCCNc1cc(C)ccn1)c1cccc([N+](=O)[O-])c1. The molecule has 0 spiro atoms. The van der Waals surface area contributed by atoms with E-state index in [1.807, 2.05) is 19.1 Å². The molecule has 1 atom stereocenters. The molecule has 11 nitrogen and oxygen atoms in total. The van der Waals surface area contributed by atoms with E-state index in [1.165, 1.54) is 25.3 Å². The molecule has 188 valence electrons. The summed E-state index contributed by atoms with van der Waals surface area (Å²) in [7, 11) is 1.21. The van der Waals surface area contributed by atoms with Crippen LogP contribution < -0.4 is 16.0 Å². The van der Waals surface area contributed by atoms with Gasteiger partial charge >= 0.3 is 5.97 Å². The molecule has 0 saturated carbocycles. The lowest BCUT2D eigenvalue weighted by atomic mass is 10.0. The molecule has 2 aromatic rings. The van der Waals surface area contributed by atoms with E-state index in [2.05, 4.69) is 25.7 Å². The minimum absolute atomic E-state index is 0.162. The summed E-state index contributed by atoms with van der Waals surface area (Å²) in [5.74, 6) is -0.537. The number of benzene rings is 1. The Hall–Kier alpha value is -4.02. The van der Waals surface area contributed by atoms with E-state index >= 15 is 0 Å². The number of rotatable bonds is 14. The van der Waals surface area contributed by atoms with Crippen molar-refractivity contribution in [1.29, 1.82) is 0 Å². The summed E-state index contributed by atoms with van der Waals surface area (Å²) >= 11 is 0. The Kier molecular flexibility index (Phi) is 11.1. The number of nitrogens with zero attached hydrogens (tertiary/aromatic N) is 2. The van der Waals surface area contributed by atoms with Crippen LogP contribution in [0.5, 0.6) is 0 Å². The molecule has 0 bridgehead atoms. The van der Waals surface area contributed by atoms with Gasteiger partial charge in [0.25, 0.3) is 5.69 Å². The second-order valence-electron chi connectivity index (χ2n) is 7.99. The van der Waals surface area contributed by atoms with Gasteiger partial charge in [0.05, 0.1) is 31.0 Å². The van der Waals surface area contributed by atoms with Crippen LogP contribution in [0.4, 0.5) is 11.5 Å². The molecule has 0 aliphatic carbocycles. The normalized spacial score (nSPS) is 11.3. The minimum Gasteiger partial charge on any atom is -0.469 e. The first-order chi connectivity index (χ1) is 16.8. The fraction of sp³-hybridized carbons (Fsp3) is 0.417. The zero-order chi connectivity index (χ0) is 25.6. The number of non-ortho nitro benzene ring substituents is 1. The Morgan fingerprint density at radius 1 is 1.11 bits per heavy atom. The zero-order valence-electron chi connectivity index (χ0n) is 19.9. The van der Waals surface area contributed by atoms with Crippen LogP contribution in [0.25, 0.3) is 0 Å². The predicted octanol–water partition coefficient (Wildman–Crippen LogP) is 2.81.